The smallest absolute Gasteiger partial charge is 0.147 e. The Balaban J connectivity index is 1.92. The molecule has 0 unspecified atom stereocenters. The van der Waals surface area contributed by atoms with Gasteiger partial charge < -0.3 is 4.90 Å². The number of benzene rings is 2. The topological polar surface area (TPSA) is 39.9 Å². The van der Waals surface area contributed by atoms with E-state index in [1.54, 1.807) is 12.1 Å². The zero-order chi connectivity index (χ0) is 18.6. The molecule has 0 spiro atoms. The molecule has 1 aromatic heterocycles. The molecule has 3 aromatic rings. The Morgan fingerprint density at radius 1 is 0.889 bits per heavy atom. The SMILES string of the molecule is N#Cc1c(-c2ccccc2)cc(-c2ccc(F)cc2)nc1N1CCCCC1. The molecule has 2 aromatic carbocycles. The Bertz CT molecular complexity index is 969. The predicted octanol–water partition coefficient (Wildman–Crippen LogP) is 5.42. The predicted molar refractivity (Wildman–Crippen MR) is 106 cm³/mol. The first kappa shape index (κ1) is 17.2. The van der Waals surface area contributed by atoms with Gasteiger partial charge in [0.15, 0.2) is 0 Å². The van der Waals surface area contributed by atoms with Crippen LogP contribution in [0, 0.1) is 17.1 Å². The second-order valence-electron chi connectivity index (χ2n) is 6.79. The Morgan fingerprint density at radius 2 is 1.59 bits per heavy atom. The van der Waals surface area contributed by atoms with Crippen LogP contribution in [0.4, 0.5) is 10.2 Å². The molecular weight excluding hydrogens is 337 g/mol. The van der Waals surface area contributed by atoms with Crippen LogP contribution in [0.25, 0.3) is 22.4 Å². The summed E-state index contributed by atoms with van der Waals surface area (Å²) in [5.41, 5.74) is 4.06. The van der Waals surface area contributed by atoms with Crippen molar-refractivity contribution in [1.82, 2.24) is 4.98 Å². The van der Waals surface area contributed by atoms with E-state index in [4.69, 9.17) is 4.98 Å². The summed E-state index contributed by atoms with van der Waals surface area (Å²) in [6, 6.07) is 20.6. The van der Waals surface area contributed by atoms with Gasteiger partial charge in [-0.25, -0.2) is 9.37 Å². The van der Waals surface area contributed by atoms with Crippen molar-refractivity contribution in [3.63, 3.8) is 0 Å². The number of nitriles is 1. The molecule has 0 bridgehead atoms. The van der Waals surface area contributed by atoms with Crippen molar-refractivity contribution >= 4 is 5.82 Å². The molecule has 1 saturated heterocycles. The van der Waals surface area contributed by atoms with E-state index in [1.165, 1.54) is 18.6 Å². The standard InChI is InChI=1S/C23H20FN3/c24-19-11-9-18(10-12-19)22-15-20(17-7-3-1-4-8-17)21(16-25)23(26-22)27-13-5-2-6-14-27/h1,3-4,7-12,15H,2,5-6,13-14H2. The maximum atomic E-state index is 13.4. The highest BCUT2D eigenvalue weighted by atomic mass is 19.1. The molecule has 0 atom stereocenters. The van der Waals surface area contributed by atoms with Gasteiger partial charge in [0.05, 0.1) is 5.69 Å². The molecule has 2 heterocycles. The van der Waals surface area contributed by atoms with Crippen molar-refractivity contribution in [2.24, 2.45) is 0 Å². The van der Waals surface area contributed by atoms with Crippen molar-refractivity contribution in [2.75, 3.05) is 18.0 Å². The summed E-state index contributed by atoms with van der Waals surface area (Å²) < 4.78 is 13.4. The number of hydrogen-bond acceptors (Lipinski definition) is 3. The summed E-state index contributed by atoms with van der Waals surface area (Å²) >= 11 is 0. The zero-order valence-corrected chi connectivity index (χ0v) is 15.0. The third-order valence-electron chi connectivity index (χ3n) is 4.99. The average molecular weight is 357 g/mol. The Morgan fingerprint density at radius 3 is 2.26 bits per heavy atom. The van der Waals surface area contributed by atoms with E-state index in [-0.39, 0.29) is 5.82 Å². The summed E-state index contributed by atoms with van der Waals surface area (Å²) in [4.78, 5) is 7.04. The van der Waals surface area contributed by atoms with Crippen molar-refractivity contribution in [3.05, 3.63) is 72.0 Å². The normalized spacial score (nSPS) is 14.0. The maximum Gasteiger partial charge on any atom is 0.147 e. The number of nitrogens with zero attached hydrogens (tertiary/aromatic N) is 3. The van der Waals surface area contributed by atoms with E-state index in [1.807, 2.05) is 36.4 Å². The van der Waals surface area contributed by atoms with Crippen LogP contribution in [0.15, 0.2) is 60.7 Å². The van der Waals surface area contributed by atoms with Gasteiger partial charge in [0.25, 0.3) is 0 Å². The summed E-state index contributed by atoms with van der Waals surface area (Å²) in [5.74, 6) is 0.463. The molecule has 0 aliphatic carbocycles. The highest BCUT2D eigenvalue weighted by Gasteiger charge is 2.21. The fourth-order valence-corrected chi connectivity index (χ4v) is 3.59. The zero-order valence-electron chi connectivity index (χ0n) is 15.0. The quantitative estimate of drug-likeness (QED) is 0.629. The minimum absolute atomic E-state index is 0.271. The number of aromatic nitrogens is 1. The first-order valence-corrected chi connectivity index (χ1v) is 9.28. The molecule has 1 fully saturated rings. The fraction of sp³-hybridized carbons (Fsp3) is 0.217. The van der Waals surface area contributed by atoms with Gasteiger partial charge >= 0.3 is 0 Å². The Kier molecular flexibility index (Phi) is 4.84. The van der Waals surface area contributed by atoms with Crippen molar-refractivity contribution in [2.45, 2.75) is 19.3 Å². The molecular formula is C23H20FN3. The van der Waals surface area contributed by atoms with Crippen LogP contribution in [0.2, 0.25) is 0 Å². The van der Waals surface area contributed by atoms with Gasteiger partial charge in [0.2, 0.25) is 0 Å². The monoisotopic (exact) mass is 357 g/mol. The number of piperidine rings is 1. The maximum absolute atomic E-state index is 13.4. The van der Waals surface area contributed by atoms with Gasteiger partial charge in [-0.2, -0.15) is 5.26 Å². The summed E-state index contributed by atoms with van der Waals surface area (Å²) in [7, 11) is 0. The second kappa shape index (κ2) is 7.59. The Hall–Kier alpha value is -3.19. The average Bonchev–Trinajstić information content (AvgIpc) is 2.74. The number of hydrogen-bond donors (Lipinski definition) is 0. The van der Waals surface area contributed by atoms with Crippen molar-refractivity contribution < 1.29 is 4.39 Å². The van der Waals surface area contributed by atoms with E-state index >= 15 is 0 Å². The molecule has 1 aliphatic heterocycles. The van der Waals surface area contributed by atoms with Gasteiger partial charge in [-0.1, -0.05) is 30.3 Å². The lowest BCUT2D eigenvalue weighted by Gasteiger charge is -2.29. The number of rotatable bonds is 3. The lowest BCUT2D eigenvalue weighted by molar-refractivity contribution is 0.573. The highest BCUT2D eigenvalue weighted by molar-refractivity contribution is 5.81. The first-order chi connectivity index (χ1) is 13.3. The van der Waals surface area contributed by atoms with Gasteiger partial charge in [-0.15, -0.1) is 0 Å². The van der Waals surface area contributed by atoms with Gasteiger partial charge in [-0.05, 0) is 55.2 Å². The Labute approximate surface area is 158 Å². The number of halogens is 1. The molecule has 4 heteroatoms. The van der Waals surface area contributed by atoms with E-state index in [2.05, 4.69) is 11.0 Å². The van der Waals surface area contributed by atoms with Crippen LogP contribution in [0.3, 0.4) is 0 Å². The molecule has 0 saturated carbocycles. The molecule has 134 valence electrons. The lowest BCUT2D eigenvalue weighted by Crippen LogP contribution is -2.31. The van der Waals surface area contributed by atoms with Crippen LogP contribution >= 0.6 is 0 Å². The minimum Gasteiger partial charge on any atom is -0.355 e. The third kappa shape index (κ3) is 3.54. The van der Waals surface area contributed by atoms with Gasteiger partial charge in [0, 0.05) is 24.2 Å². The van der Waals surface area contributed by atoms with Crippen LogP contribution in [-0.2, 0) is 0 Å². The van der Waals surface area contributed by atoms with Crippen molar-refractivity contribution in [3.8, 4) is 28.5 Å². The molecule has 0 radical (unpaired) electrons. The van der Waals surface area contributed by atoms with E-state index < -0.39 is 0 Å². The number of anilines is 1. The van der Waals surface area contributed by atoms with Crippen LogP contribution in [-0.4, -0.2) is 18.1 Å². The summed E-state index contributed by atoms with van der Waals surface area (Å²) in [6.45, 7) is 1.81. The largest absolute Gasteiger partial charge is 0.355 e. The van der Waals surface area contributed by atoms with Gasteiger partial charge in [-0.3, -0.25) is 0 Å². The third-order valence-corrected chi connectivity index (χ3v) is 4.99. The van der Waals surface area contributed by atoms with Crippen LogP contribution in [0.1, 0.15) is 24.8 Å². The van der Waals surface area contributed by atoms with E-state index in [9.17, 15) is 9.65 Å². The lowest BCUT2D eigenvalue weighted by atomic mass is 9.97. The molecule has 27 heavy (non-hydrogen) atoms. The highest BCUT2D eigenvalue weighted by Crippen LogP contribution is 2.34. The summed E-state index contributed by atoms with van der Waals surface area (Å²) in [5, 5.41) is 9.92. The summed E-state index contributed by atoms with van der Waals surface area (Å²) in [6.07, 6.45) is 3.42. The van der Waals surface area contributed by atoms with E-state index in [0.717, 1.165) is 54.1 Å². The molecule has 0 N–H and O–H groups in total. The molecule has 3 nitrogen and oxygen atoms in total. The minimum atomic E-state index is -0.271. The van der Waals surface area contributed by atoms with Crippen LogP contribution in [0.5, 0.6) is 0 Å². The molecule has 0 amide bonds. The second-order valence-corrected chi connectivity index (χ2v) is 6.79. The number of pyridine rings is 1. The first-order valence-electron chi connectivity index (χ1n) is 9.28. The van der Waals surface area contributed by atoms with Gasteiger partial charge in [0.1, 0.15) is 23.3 Å². The fourth-order valence-electron chi connectivity index (χ4n) is 3.59. The van der Waals surface area contributed by atoms with E-state index in [0.29, 0.717) is 5.56 Å². The van der Waals surface area contributed by atoms with Crippen molar-refractivity contribution in [1.29, 1.82) is 5.26 Å². The van der Waals surface area contributed by atoms with Crippen LogP contribution < -0.4 is 4.90 Å². The molecule has 1 aliphatic rings. The molecule has 4 rings (SSSR count).